The van der Waals surface area contributed by atoms with Crippen LogP contribution in [0.25, 0.3) is 16.6 Å². The number of nitrogens with two attached hydrogens (primary N) is 1. The molecule has 1 aromatic carbocycles. The van der Waals surface area contributed by atoms with Crippen molar-refractivity contribution in [2.24, 2.45) is 0 Å². The molecule has 4 aromatic rings. The molecule has 38 heavy (non-hydrogen) atoms. The van der Waals surface area contributed by atoms with Gasteiger partial charge < -0.3 is 11.1 Å². The SMILES string of the molecule is Nc1ncnn2cc(C(=O)NCC(F)(F)F)c(-c3ccc(CC(=O)Cc4cccc(C(F)(F)F)n4)cc3)c12. The maximum absolute atomic E-state index is 12.9. The van der Waals surface area contributed by atoms with Gasteiger partial charge in [0.15, 0.2) is 5.82 Å². The average molecular weight is 536 g/mol. The van der Waals surface area contributed by atoms with Crippen LogP contribution in [0.15, 0.2) is 55.0 Å². The number of amides is 1. The highest BCUT2D eigenvalue weighted by molar-refractivity contribution is 6.07. The highest BCUT2D eigenvalue weighted by Crippen LogP contribution is 2.33. The van der Waals surface area contributed by atoms with Gasteiger partial charge in [-0.3, -0.25) is 9.59 Å². The predicted molar refractivity (Wildman–Crippen MR) is 123 cm³/mol. The van der Waals surface area contributed by atoms with E-state index in [1.807, 2.05) is 5.32 Å². The fraction of sp³-hybridized carbons (Fsp3) is 0.208. The zero-order chi connectivity index (χ0) is 27.7. The first-order chi connectivity index (χ1) is 17.8. The molecule has 0 spiro atoms. The van der Waals surface area contributed by atoms with Gasteiger partial charge in [0.1, 0.15) is 29.9 Å². The topological polar surface area (TPSA) is 115 Å². The molecule has 0 saturated carbocycles. The molecule has 3 heterocycles. The number of hydrogen-bond donors (Lipinski definition) is 2. The summed E-state index contributed by atoms with van der Waals surface area (Å²) in [6.45, 7) is -1.54. The second kappa shape index (κ2) is 10.1. The second-order valence-electron chi connectivity index (χ2n) is 8.26. The van der Waals surface area contributed by atoms with Crippen LogP contribution in [0.1, 0.15) is 27.3 Å². The number of benzene rings is 1. The summed E-state index contributed by atoms with van der Waals surface area (Å²) in [5, 5.41) is 5.78. The lowest BCUT2D eigenvalue weighted by Gasteiger charge is -2.10. The number of pyridine rings is 1. The highest BCUT2D eigenvalue weighted by atomic mass is 19.4. The van der Waals surface area contributed by atoms with Gasteiger partial charge >= 0.3 is 12.4 Å². The molecule has 0 saturated heterocycles. The van der Waals surface area contributed by atoms with Gasteiger partial charge in [-0.15, -0.1) is 0 Å². The molecule has 4 rings (SSSR count). The highest BCUT2D eigenvalue weighted by Gasteiger charge is 2.32. The molecule has 0 radical (unpaired) electrons. The van der Waals surface area contributed by atoms with Crippen LogP contribution in [0, 0.1) is 0 Å². The second-order valence-corrected chi connectivity index (χ2v) is 8.26. The van der Waals surface area contributed by atoms with E-state index in [2.05, 4.69) is 15.1 Å². The molecule has 198 valence electrons. The lowest BCUT2D eigenvalue weighted by Crippen LogP contribution is -2.33. The van der Waals surface area contributed by atoms with E-state index in [4.69, 9.17) is 5.73 Å². The first kappa shape index (κ1) is 26.6. The van der Waals surface area contributed by atoms with Crippen LogP contribution in [0.2, 0.25) is 0 Å². The van der Waals surface area contributed by atoms with Crippen LogP contribution in [0.3, 0.4) is 0 Å². The normalized spacial score (nSPS) is 12.1. The van der Waals surface area contributed by atoms with Crippen LogP contribution in [-0.2, 0) is 23.8 Å². The zero-order valence-corrected chi connectivity index (χ0v) is 19.3. The van der Waals surface area contributed by atoms with Crippen LogP contribution in [0.5, 0.6) is 0 Å². The molecule has 3 aromatic heterocycles. The molecular weight excluding hydrogens is 518 g/mol. The summed E-state index contributed by atoms with van der Waals surface area (Å²) in [5.41, 5.74) is 6.01. The largest absolute Gasteiger partial charge is 0.433 e. The van der Waals surface area contributed by atoms with Crippen molar-refractivity contribution in [2.75, 3.05) is 12.3 Å². The molecule has 0 unspecified atom stereocenters. The molecule has 0 fully saturated rings. The number of nitrogens with zero attached hydrogens (tertiary/aromatic N) is 4. The molecule has 0 aliphatic rings. The number of alkyl halides is 6. The third kappa shape index (κ3) is 6.07. The summed E-state index contributed by atoms with van der Waals surface area (Å²) in [7, 11) is 0. The first-order valence-electron chi connectivity index (χ1n) is 10.9. The third-order valence-electron chi connectivity index (χ3n) is 5.42. The Morgan fingerprint density at radius 2 is 1.68 bits per heavy atom. The monoisotopic (exact) mass is 536 g/mol. The Bertz CT molecular complexity index is 1500. The number of aromatic nitrogens is 4. The van der Waals surface area contributed by atoms with E-state index in [0.717, 1.165) is 12.4 Å². The molecule has 3 N–H and O–H groups in total. The van der Waals surface area contributed by atoms with E-state index in [1.54, 1.807) is 12.1 Å². The lowest BCUT2D eigenvalue weighted by molar-refractivity contribution is -0.141. The zero-order valence-electron chi connectivity index (χ0n) is 19.3. The molecule has 0 atom stereocenters. The fourth-order valence-electron chi connectivity index (χ4n) is 3.79. The Labute approximate surface area is 210 Å². The Hall–Kier alpha value is -4.49. The van der Waals surface area contributed by atoms with Crippen molar-refractivity contribution in [3.05, 3.63) is 77.5 Å². The quantitative estimate of drug-likeness (QED) is 0.345. The summed E-state index contributed by atoms with van der Waals surface area (Å²) >= 11 is 0. The minimum Gasteiger partial charge on any atom is -0.382 e. The summed E-state index contributed by atoms with van der Waals surface area (Å²) in [6.07, 6.45) is -7.32. The summed E-state index contributed by atoms with van der Waals surface area (Å²) in [5.74, 6) is -1.41. The van der Waals surface area contributed by atoms with Crippen molar-refractivity contribution in [1.82, 2.24) is 24.9 Å². The minimum absolute atomic E-state index is 0.0160. The number of nitrogens with one attached hydrogen (secondary N) is 1. The molecule has 0 aliphatic heterocycles. The van der Waals surface area contributed by atoms with Crippen molar-refractivity contribution >= 4 is 23.0 Å². The van der Waals surface area contributed by atoms with Gasteiger partial charge in [0.2, 0.25) is 0 Å². The maximum atomic E-state index is 12.9. The van der Waals surface area contributed by atoms with Gasteiger partial charge in [0.05, 0.1) is 5.56 Å². The van der Waals surface area contributed by atoms with E-state index < -0.39 is 30.5 Å². The number of halogens is 6. The van der Waals surface area contributed by atoms with Gasteiger partial charge in [-0.1, -0.05) is 30.3 Å². The number of ketones is 1. The van der Waals surface area contributed by atoms with Gasteiger partial charge in [-0.25, -0.2) is 14.5 Å². The number of fused-ring (bicyclic) bond motifs is 1. The molecule has 8 nitrogen and oxygen atoms in total. The van der Waals surface area contributed by atoms with E-state index in [1.165, 1.54) is 35.0 Å². The number of anilines is 1. The van der Waals surface area contributed by atoms with Crippen molar-refractivity contribution in [2.45, 2.75) is 25.2 Å². The van der Waals surface area contributed by atoms with Crippen molar-refractivity contribution in [3.63, 3.8) is 0 Å². The summed E-state index contributed by atoms with van der Waals surface area (Å²) in [6, 6.07) is 9.48. The van der Waals surface area contributed by atoms with Crippen molar-refractivity contribution in [1.29, 1.82) is 0 Å². The molecule has 1 amide bonds. The number of nitrogen functional groups attached to an aromatic ring is 1. The number of hydrogen-bond acceptors (Lipinski definition) is 6. The summed E-state index contributed by atoms with van der Waals surface area (Å²) in [4.78, 5) is 32.4. The Morgan fingerprint density at radius 3 is 2.34 bits per heavy atom. The standard InChI is InChI=1S/C24H18F6N6O2/c25-23(26,27)11-32-22(38)17-10-36-20(21(31)33-12-34-36)19(17)14-6-4-13(5-7-14)8-16(37)9-15-2-1-3-18(35-15)24(28,29)30/h1-7,10,12H,8-9,11H2,(H,32,38)(H2,31,33,34). The molecule has 0 aliphatic carbocycles. The third-order valence-corrected chi connectivity index (χ3v) is 5.42. The van der Waals surface area contributed by atoms with Gasteiger partial charge in [-0.05, 0) is 23.3 Å². The Morgan fingerprint density at radius 1 is 0.974 bits per heavy atom. The number of Topliss-reactive ketones (excluding diaryl/α,β-unsaturated/α-hetero) is 1. The lowest BCUT2D eigenvalue weighted by atomic mass is 9.98. The smallest absolute Gasteiger partial charge is 0.382 e. The van der Waals surface area contributed by atoms with Crippen LogP contribution in [0.4, 0.5) is 32.2 Å². The number of carbonyl (C=O) groups excluding carboxylic acids is 2. The van der Waals surface area contributed by atoms with Gasteiger partial charge in [0, 0.05) is 30.3 Å². The van der Waals surface area contributed by atoms with Crippen LogP contribution < -0.4 is 11.1 Å². The van der Waals surface area contributed by atoms with Crippen LogP contribution >= 0.6 is 0 Å². The fourth-order valence-corrected chi connectivity index (χ4v) is 3.79. The molecule has 0 bridgehead atoms. The Kier molecular flexibility index (Phi) is 7.07. The molecule has 14 heteroatoms. The van der Waals surface area contributed by atoms with Crippen molar-refractivity contribution < 1.29 is 35.9 Å². The van der Waals surface area contributed by atoms with Gasteiger partial charge in [0.25, 0.3) is 5.91 Å². The average Bonchev–Trinajstić information content (AvgIpc) is 3.23. The van der Waals surface area contributed by atoms with Crippen molar-refractivity contribution in [3.8, 4) is 11.1 Å². The maximum Gasteiger partial charge on any atom is 0.433 e. The number of rotatable bonds is 7. The summed E-state index contributed by atoms with van der Waals surface area (Å²) < 4.78 is 77.7. The Balaban J connectivity index is 1.57. The van der Waals surface area contributed by atoms with E-state index in [9.17, 15) is 35.9 Å². The minimum atomic E-state index is -4.63. The molecular formula is C24H18F6N6O2. The number of carbonyl (C=O) groups is 2. The van der Waals surface area contributed by atoms with E-state index in [-0.39, 0.29) is 46.8 Å². The van der Waals surface area contributed by atoms with E-state index >= 15 is 0 Å². The first-order valence-corrected chi connectivity index (χ1v) is 10.9. The predicted octanol–water partition coefficient (Wildman–Crippen LogP) is 4.04. The van der Waals surface area contributed by atoms with Gasteiger partial charge in [-0.2, -0.15) is 31.4 Å². The van der Waals surface area contributed by atoms with Crippen LogP contribution in [-0.4, -0.2) is 44.0 Å². The van der Waals surface area contributed by atoms with E-state index in [0.29, 0.717) is 11.1 Å².